The van der Waals surface area contributed by atoms with Crippen molar-refractivity contribution in [2.24, 2.45) is 0 Å². The van der Waals surface area contributed by atoms with Gasteiger partial charge in [-0.05, 0) is 81.4 Å². The van der Waals surface area contributed by atoms with Gasteiger partial charge >= 0.3 is 0 Å². The van der Waals surface area contributed by atoms with Gasteiger partial charge in [0.2, 0.25) is 0 Å². The molecule has 0 spiro atoms. The zero-order chi connectivity index (χ0) is 35.7. The molecule has 0 unspecified atom stereocenters. The first kappa shape index (κ1) is 30.1. The van der Waals surface area contributed by atoms with Crippen molar-refractivity contribution in [3.05, 3.63) is 169 Å². The molecule has 0 saturated carbocycles. The van der Waals surface area contributed by atoms with Crippen LogP contribution in [0, 0.1) is 0 Å². The Labute approximate surface area is 315 Å². The predicted octanol–water partition coefficient (Wildman–Crippen LogP) is 15.2. The monoisotopic (exact) mass is 708 g/mol. The highest BCUT2D eigenvalue weighted by Crippen LogP contribution is 2.55. The highest BCUT2D eigenvalue weighted by Gasteiger charge is 2.37. The number of hydrogen-bond acceptors (Lipinski definition) is 3. The zero-order valence-corrected chi connectivity index (χ0v) is 30.6. The summed E-state index contributed by atoms with van der Waals surface area (Å²) in [5.41, 5.74) is 15.7. The van der Waals surface area contributed by atoms with Gasteiger partial charge in [-0.15, -0.1) is 11.3 Å². The lowest BCUT2D eigenvalue weighted by Crippen LogP contribution is -2.14. The molecule has 254 valence electrons. The minimum atomic E-state index is -0.103. The Kier molecular flexibility index (Phi) is 6.03. The molecular formula is C51H32O2S. The fourth-order valence-corrected chi connectivity index (χ4v) is 10.5. The van der Waals surface area contributed by atoms with Gasteiger partial charge in [-0.3, -0.25) is 0 Å². The van der Waals surface area contributed by atoms with E-state index in [0.717, 1.165) is 71.7 Å². The largest absolute Gasteiger partial charge is 0.455 e. The molecule has 54 heavy (non-hydrogen) atoms. The summed E-state index contributed by atoms with van der Waals surface area (Å²) in [5.74, 6) is 0. The molecule has 3 aromatic heterocycles. The zero-order valence-electron chi connectivity index (χ0n) is 29.7. The summed E-state index contributed by atoms with van der Waals surface area (Å²) in [4.78, 5) is 0. The van der Waals surface area contributed by atoms with Crippen LogP contribution in [0.5, 0.6) is 0 Å². The van der Waals surface area contributed by atoms with E-state index >= 15 is 0 Å². The minimum Gasteiger partial charge on any atom is -0.455 e. The van der Waals surface area contributed by atoms with Crippen LogP contribution in [0.3, 0.4) is 0 Å². The normalized spacial score (nSPS) is 13.5. The Morgan fingerprint density at radius 1 is 0.407 bits per heavy atom. The van der Waals surface area contributed by atoms with Crippen LogP contribution in [0.25, 0.3) is 109 Å². The van der Waals surface area contributed by atoms with E-state index in [1.165, 1.54) is 48.0 Å². The maximum Gasteiger partial charge on any atom is 0.143 e. The van der Waals surface area contributed by atoms with Crippen LogP contribution in [0.1, 0.15) is 25.0 Å². The van der Waals surface area contributed by atoms with Gasteiger partial charge in [-0.25, -0.2) is 0 Å². The van der Waals surface area contributed by atoms with Gasteiger partial charge < -0.3 is 8.83 Å². The van der Waals surface area contributed by atoms with Gasteiger partial charge in [0.15, 0.2) is 0 Å². The number of benzene rings is 8. The number of thiophene rings is 1. The van der Waals surface area contributed by atoms with E-state index in [9.17, 15) is 0 Å². The first-order valence-corrected chi connectivity index (χ1v) is 19.4. The standard InChI is InChI=1S/C51H32O2S/c1-51(2)42-23-21-29(28-41(42)47-43(51)24-22-40-37-13-5-8-20-46(37)54-50(40)47)30-25-31(33-14-9-16-38-35-11-3-6-18-44(35)52-48(33)38)27-32(26-30)34-15-10-17-39-36-12-4-7-19-45(36)53-49(34)39/h3-28H,1-2H3. The van der Waals surface area contributed by atoms with Crippen LogP contribution in [-0.2, 0) is 5.41 Å². The smallest absolute Gasteiger partial charge is 0.143 e. The highest BCUT2D eigenvalue weighted by molar-refractivity contribution is 7.26. The highest BCUT2D eigenvalue weighted by atomic mass is 32.1. The van der Waals surface area contributed by atoms with Gasteiger partial charge in [-0.2, -0.15) is 0 Å². The van der Waals surface area contributed by atoms with Gasteiger partial charge in [0.1, 0.15) is 22.3 Å². The fraction of sp³-hybridized carbons (Fsp3) is 0.0588. The number of hydrogen-bond donors (Lipinski definition) is 0. The number of fused-ring (bicyclic) bond motifs is 13. The van der Waals surface area contributed by atoms with E-state index in [4.69, 9.17) is 8.83 Å². The van der Waals surface area contributed by atoms with E-state index in [1.54, 1.807) is 0 Å². The molecule has 8 aromatic carbocycles. The molecule has 1 aliphatic carbocycles. The molecule has 0 N–H and O–H groups in total. The third-order valence-electron chi connectivity index (χ3n) is 11.9. The van der Waals surface area contributed by atoms with Crippen molar-refractivity contribution >= 4 is 75.4 Å². The summed E-state index contributed by atoms with van der Waals surface area (Å²) in [7, 11) is 0. The Morgan fingerprint density at radius 3 is 1.63 bits per heavy atom. The van der Waals surface area contributed by atoms with Crippen LogP contribution in [0.15, 0.2) is 167 Å². The summed E-state index contributed by atoms with van der Waals surface area (Å²) < 4.78 is 15.9. The maximum absolute atomic E-state index is 6.61. The van der Waals surface area contributed by atoms with Crippen molar-refractivity contribution in [3.63, 3.8) is 0 Å². The fourth-order valence-electron chi connectivity index (χ4n) is 9.25. The Bertz CT molecular complexity index is 3240. The lowest BCUT2D eigenvalue weighted by molar-refractivity contribution is 0.661. The predicted molar refractivity (Wildman–Crippen MR) is 228 cm³/mol. The first-order chi connectivity index (χ1) is 26.5. The van der Waals surface area contributed by atoms with Gasteiger partial charge in [-0.1, -0.05) is 129 Å². The van der Waals surface area contributed by atoms with E-state index in [-0.39, 0.29) is 5.41 Å². The van der Waals surface area contributed by atoms with Crippen molar-refractivity contribution in [2.45, 2.75) is 19.3 Å². The van der Waals surface area contributed by atoms with Gasteiger partial charge in [0, 0.05) is 63.8 Å². The molecule has 1 aliphatic rings. The van der Waals surface area contributed by atoms with Crippen molar-refractivity contribution in [3.8, 4) is 44.5 Å². The van der Waals surface area contributed by atoms with Crippen LogP contribution < -0.4 is 0 Å². The van der Waals surface area contributed by atoms with Crippen LogP contribution in [0.4, 0.5) is 0 Å². The summed E-state index contributed by atoms with van der Waals surface area (Å²) in [6.45, 7) is 4.74. The van der Waals surface area contributed by atoms with E-state index in [1.807, 2.05) is 23.5 Å². The molecule has 11 aromatic rings. The molecule has 3 heteroatoms. The summed E-state index contributed by atoms with van der Waals surface area (Å²) in [6.07, 6.45) is 0. The van der Waals surface area contributed by atoms with Crippen molar-refractivity contribution in [1.29, 1.82) is 0 Å². The van der Waals surface area contributed by atoms with Crippen LogP contribution in [0.2, 0.25) is 0 Å². The SMILES string of the molecule is CC1(C)c2ccc(-c3cc(-c4cccc5c4oc4ccccc45)cc(-c4cccc5c4oc4ccccc45)c3)cc2-c2c1ccc1c2sc2ccccc21. The van der Waals surface area contributed by atoms with Gasteiger partial charge in [0.25, 0.3) is 0 Å². The van der Waals surface area contributed by atoms with Crippen molar-refractivity contribution in [1.82, 2.24) is 0 Å². The average molecular weight is 709 g/mol. The molecule has 12 rings (SSSR count). The second kappa shape index (κ2) is 10.8. The molecule has 3 heterocycles. The molecule has 0 bridgehead atoms. The molecule has 0 atom stereocenters. The molecule has 0 aliphatic heterocycles. The molecule has 0 radical (unpaired) electrons. The Morgan fingerprint density at radius 2 is 0.963 bits per heavy atom. The van der Waals surface area contributed by atoms with Gasteiger partial charge in [0.05, 0.1) is 0 Å². The lowest BCUT2D eigenvalue weighted by Gasteiger charge is -2.21. The minimum absolute atomic E-state index is 0.103. The topological polar surface area (TPSA) is 26.3 Å². The molecule has 2 nitrogen and oxygen atoms in total. The molecule has 0 amide bonds. The third kappa shape index (κ3) is 4.10. The quantitative estimate of drug-likeness (QED) is 0.183. The Hall–Kier alpha value is -6.42. The number of rotatable bonds is 3. The molecule has 0 fully saturated rings. The maximum atomic E-state index is 6.61. The lowest BCUT2D eigenvalue weighted by atomic mass is 9.82. The summed E-state index contributed by atoms with van der Waals surface area (Å²) in [6, 6.07) is 57.3. The number of para-hydroxylation sites is 4. The number of furan rings is 2. The van der Waals surface area contributed by atoms with E-state index in [2.05, 4.69) is 159 Å². The second-order valence-electron chi connectivity index (χ2n) is 15.2. The third-order valence-corrected chi connectivity index (χ3v) is 13.1. The van der Waals surface area contributed by atoms with Crippen LogP contribution >= 0.6 is 11.3 Å². The average Bonchev–Trinajstić information content (AvgIpc) is 3.95. The summed E-state index contributed by atoms with van der Waals surface area (Å²) >= 11 is 1.92. The van der Waals surface area contributed by atoms with Crippen molar-refractivity contribution < 1.29 is 8.83 Å². The first-order valence-electron chi connectivity index (χ1n) is 18.6. The van der Waals surface area contributed by atoms with E-state index in [0.29, 0.717) is 0 Å². The van der Waals surface area contributed by atoms with Crippen LogP contribution in [-0.4, -0.2) is 0 Å². The molecule has 0 saturated heterocycles. The summed E-state index contributed by atoms with van der Waals surface area (Å²) in [5, 5.41) is 7.18. The van der Waals surface area contributed by atoms with E-state index < -0.39 is 0 Å². The second-order valence-corrected chi connectivity index (χ2v) is 16.3. The van der Waals surface area contributed by atoms with Crippen molar-refractivity contribution in [2.75, 3.05) is 0 Å². The Balaban J connectivity index is 1.13. The molecular weight excluding hydrogens is 677 g/mol.